The molecule has 130 valence electrons. The average Bonchev–Trinajstić information content (AvgIpc) is 2.90. The zero-order valence-corrected chi connectivity index (χ0v) is 15.5. The Bertz CT molecular complexity index is 961. The highest BCUT2D eigenvalue weighted by atomic mass is 32.2. The number of hydrogen-bond acceptors (Lipinski definition) is 4. The average molecular weight is 376 g/mol. The summed E-state index contributed by atoms with van der Waals surface area (Å²) in [5.41, 5.74) is 0.866. The van der Waals surface area contributed by atoms with Gasteiger partial charge in [0.15, 0.2) is 4.80 Å². The normalized spacial score (nSPS) is 11.9. The fraction of sp³-hybridized carbons (Fsp3) is 0.222. The molecule has 2 aromatic carbocycles. The number of thioether (sulfide) groups is 1. The summed E-state index contributed by atoms with van der Waals surface area (Å²) < 4.78 is 21.0. The fourth-order valence-corrected chi connectivity index (χ4v) is 4.21. The molecule has 1 aromatic heterocycles. The van der Waals surface area contributed by atoms with Crippen molar-refractivity contribution in [3.8, 4) is 5.75 Å². The summed E-state index contributed by atoms with van der Waals surface area (Å²) in [6, 6.07) is 12.3. The first-order valence-corrected chi connectivity index (χ1v) is 9.46. The maximum absolute atomic E-state index is 13.3. The van der Waals surface area contributed by atoms with Gasteiger partial charge in [-0.05, 0) is 42.5 Å². The van der Waals surface area contributed by atoms with E-state index in [9.17, 15) is 9.18 Å². The Hall–Kier alpha value is -2.12. The molecule has 0 N–H and O–H groups in total. The largest absolute Gasteiger partial charge is 0.497 e. The number of rotatable bonds is 5. The van der Waals surface area contributed by atoms with E-state index >= 15 is 0 Å². The van der Waals surface area contributed by atoms with E-state index in [2.05, 4.69) is 4.99 Å². The number of nitrogens with zero attached hydrogens (tertiary/aromatic N) is 2. The molecule has 1 heterocycles. The molecule has 0 radical (unpaired) electrons. The zero-order chi connectivity index (χ0) is 17.8. The number of amides is 1. The van der Waals surface area contributed by atoms with Crippen LogP contribution < -0.4 is 9.54 Å². The van der Waals surface area contributed by atoms with Crippen LogP contribution in [0.3, 0.4) is 0 Å². The van der Waals surface area contributed by atoms with Gasteiger partial charge in [-0.25, -0.2) is 4.39 Å². The topological polar surface area (TPSA) is 43.6 Å². The Balaban J connectivity index is 1.65. The van der Waals surface area contributed by atoms with Crippen LogP contribution in [-0.2, 0) is 11.8 Å². The lowest BCUT2D eigenvalue weighted by Gasteiger charge is -2.02. The summed E-state index contributed by atoms with van der Waals surface area (Å²) in [7, 11) is 3.46. The maximum Gasteiger partial charge on any atom is 0.249 e. The molecule has 3 rings (SSSR count). The first kappa shape index (κ1) is 17.7. The van der Waals surface area contributed by atoms with Gasteiger partial charge >= 0.3 is 0 Å². The van der Waals surface area contributed by atoms with Gasteiger partial charge in [-0.3, -0.25) is 4.79 Å². The highest BCUT2D eigenvalue weighted by molar-refractivity contribution is 7.99. The number of ether oxygens (including phenoxy) is 1. The van der Waals surface area contributed by atoms with Crippen molar-refractivity contribution in [1.29, 1.82) is 0 Å². The van der Waals surface area contributed by atoms with E-state index in [0.29, 0.717) is 17.0 Å². The number of fused-ring (bicyclic) bond motifs is 1. The molecule has 25 heavy (non-hydrogen) atoms. The van der Waals surface area contributed by atoms with Gasteiger partial charge in [0.1, 0.15) is 11.6 Å². The number of hydrogen-bond donors (Lipinski definition) is 0. The minimum atomic E-state index is -0.289. The molecule has 0 atom stereocenters. The molecular formula is C18H17FN2O2S2. The molecule has 0 bridgehead atoms. The number of thiazole rings is 1. The molecule has 0 saturated carbocycles. The second kappa shape index (κ2) is 7.84. The molecule has 7 heteroatoms. The molecule has 0 fully saturated rings. The summed E-state index contributed by atoms with van der Waals surface area (Å²) in [4.78, 5) is 18.0. The van der Waals surface area contributed by atoms with Crippen LogP contribution in [0.25, 0.3) is 10.2 Å². The molecule has 3 aromatic rings. The van der Waals surface area contributed by atoms with Crippen molar-refractivity contribution >= 4 is 39.2 Å². The van der Waals surface area contributed by atoms with E-state index in [1.165, 1.54) is 23.5 Å². The van der Waals surface area contributed by atoms with Crippen molar-refractivity contribution in [1.82, 2.24) is 4.57 Å². The van der Waals surface area contributed by atoms with Gasteiger partial charge in [-0.2, -0.15) is 4.99 Å². The number of halogens is 1. The van der Waals surface area contributed by atoms with Gasteiger partial charge in [0.2, 0.25) is 5.91 Å². The van der Waals surface area contributed by atoms with Crippen LogP contribution in [-0.4, -0.2) is 23.3 Å². The van der Waals surface area contributed by atoms with Crippen LogP contribution in [0.4, 0.5) is 4.39 Å². The molecule has 1 amide bonds. The third-order valence-electron chi connectivity index (χ3n) is 3.64. The molecule has 4 nitrogen and oxygen atoms in total. The predicted octanol–water partition coefficient (Wildman–Crippen LogP) is 4.00. The summed E-state index contributed by atoms with van der Waals surface area (Å²) in [6.07, 6.45) is 0.347. The van der Waals surface area contributed by atoms with E-state index in [1.807, 2.05) is 35.9 Å². The minimum absolute atomic E-state index is 0.177. The summed E-state index contributed by atoms with van der Waals surface area (Å²) in [5, 5.41) is 0. The molecule has 0 spiro atoms. The van der Waals surface area contributed by atoms with E-state index in [0.717, 1.165) is 20.9 Å². The highest BCUT2D eigenvalue weighted by Gasteiger charge is 2.06. The third kappa shape index (κ3) is 4.29. The second-order valence-corrected chi connectivity index (χ2v) is 7.51. The van der Waals surface area contributed by atoms with Crippen molar-refractivity contribution in [2.24, 2.45) is 12.0 Å². The zero-order valence-electron chi connectivity index (χ0n) is 13.9. The van der Waals surface area contributed by atoms with Gasteiger partial charge in [0.25, 0.3) is 0 Å². The maximum atomic E-state index is 13.3. The van der Waals surface area contributed by atoms with Crippen LogP contribution in [0.15, 0.2) is 52.4 Å². The van der Waals surface area contributed by atoms with E-state index in [-0.39, 0.29) is 11.7 Å². The molecule has 0 aliphatic heterocycles. The van der Waals surface area contributed by atoms with E-state index in [1.54, 1.807) is 24.9 Å². The van der Waals surface area contributed by atoms with Crippen molar-refractivity contribution in [2.45, 2.75) is 11.3 Å². The van der Waals surface area contributed by atoms with E-state index in [4.69, 9.17) is 4.74 Å². The number of carbonyl (C=O) groups excluding carboxylic acids is 1. The standard InChI is InChI=1S/C18H17FN2O2S2/c1-21-15-8-3-12(19)11-16(15)25-18(21)20-17(22)9-10-24-14-6-4-13(23-2)5-7-14/h3-8,11H,9-10H2,1-2H3. The molecule has 0 saturated heterocycles. The quantitative estimate of drug-likeness (QED) is 0.632. The number of aryl methyl sites for hydroxylation is 1. The Kier molecular flexibility index (Phi) is 5.55. The van der Waals surface area contributed by atoms with Gasteiger partial charge in [-0.1, -0.05) is 11.3 Å². The first-order valence-electron chi connectivity index (χ1n) is 7.66. The van der Waals surface area contributed by atoms with Crippen molar-refractivity contribution in [2.75, 3.05) is 12.9 Å². The third-order valence-corrected chi connectivity index (χ3v) is 5.74. The van der Waals surface area contributed by atoms with Gasteiger partial charge < -0.3 is 9.30 Å². The van der Waals surface area contributed by atoms with Gasteiger partial charge in [0.05, 0.1) is 17.3 Å². The van der Waals surface area contributed by atoms with Crippen molar-refractivity contribution in [3.63, 3.8) is 0 Å². The Morgan fingerprint density at radius 2 is 2.04 bits per heavy atom. The molecule has 0 aliphatic carbocycles. The minimum Gasteiger partial charge on any atom is -0.497 e. The predicted molar refractivity (Wildman–Crippen MR) is 99.7 cm³/mol. The molecule has 0 aliphatic rings. The summed E-state index contributed by atoms with van der Waals surface area (Å²) in [5.74, 6) is 0.994. The van der Waals surface area contributed by atoms with Crippen LogP contribution in [0.1, 0.15) is 6.42 Å². The molecule has 0 unspecified atom stereocenters. The summed E-state index contributed by atoms with van der Waals surface area (Å²) >= 11 is 2.92. The number of benzene rings is 2. The Labute approximate surface area is 153 Å². The monoisotopic (exact) mass is 376 g/mol. The number of methoxy groups -OCH3 is 1. The SMILES string of the molecule is COc1ccc(SCCC(=O)N=c2sc3cc(F)ccc3n2C)cc1. The van der Waals surface area contributed by atoms with Crippen LogP contribution >= 0.6 is 23.1 Å². The highest BCUT2D eigenvalue weighted by Crippen LogP contribution is 2.22. The van der Waals surface area contributed by atoms with Crippen LogP contribution in [0, 0.1) is 5.82 Å². The lowest BCUT2D eigenvalue weighted by molar-refractivity contribution is -0.117. The van der Waals surface area contributed by atoms with Gasteiger partial charge in [-0.15, -0.1) is 11.8 Å². The Morgan fingerprint density at radius 3 is 2.76 bits per heavy atom. The molecular weight excluding hydrogens is 359 g/mol. The number of aromatic nitrogens is 1. The van der Waals surface area contributed by atoms with E-state index < -0.39 is 0 Å². The second-order valence-electron chi connectivity index (χ2n) is 5.34. The first-order chi connectivity index (χ1) is 12.1. The van der Waals surface area contributed by atoms with Crippen LogP contribution in [0.5, 0.6) is 5.75 Å². The van der Waals surface area contributed by atoms with Crippen LogP contribution in [0.2, 0.25) is 0 Å². The smallest absolute Gasteiger partial charge is 0.249 e. The van der Waals surface area contributed by atoms with Crippen molar-refractivity contribution in [3.05, 3.63) is 53.1 Å². The Morgan fingerprint density at radius 1 is 1.28 bits per heavy atom. The summed E-state index contributed by atoms with van der Waals surface area (Å²) in [6.45, 7) is 0. The lowest BCUT2D eigenvalue weighted by atomic mass is 10.3. The fourth-order valence-electron chi connectivity index (χ4n) is 2.31. The van der Waals surface area contributed by atoms with Crippen molar-refractivity contribution < 1.29 is 13.9 Å². The number of carbonyl (C=O) groups is 1. The lowest BCUT2D eigenvalue weighted by Crippen LogP contribution is -2.13. The van der Waals surface area contributed by atoms with Gasteiger partial charge in [0, 0.05) is 24.1 Å².